The summed E-state index contributed by atoms with van der Waals surface area (Å²) in [5.41, 5.74) is 5.25. The van der Waals surface area contributed by atoms with Crippen LogP contribution in [0.25, 0.3) is 0 Å². The van der Waals surface area contributed by atoms with E-state index in [1.165, 1.54) is 24.8 Å². The highest BCUT2D eigenvalue weighted by Gasteiger charge is 2.43. The minimum atomic E-state index is -0.0602. The molecule has 1 aliphatic rings. The van der Waals surface area contributed by atoms with E-state index in [2.05, 4.69) is 36.5 Å². The van der Waals surface area contributed by atoms with Crippen LogP contribution in [-0.4, -0.2) is 23.3 Å². The molecule has 0 aromatic heterocycles. The topological polar surface area (TPSA) is 70.9 Å². The van der Waals surface area contributed by atoms with E-state index in [9.17, 15) is 9.90 Å². The maximum atomic E-state index is 12.6. The first-order chi connectivity index (χ1) is 15.6. The molecule has 2 atom stereocenters. The summed E-state index contributed by atoms with van der Waals surface area (Å²) in [4.78, 5) is 12.6. The number of hydrogen-bond donors (Lipinski definition) is 2. The predicted molar refractivity (Wildman–Crippen MR) is 129 cm³/mol. The fraction of sp³-hybridized carbons (Fsp3) is 0.481. The molecule has 0 saturated heterocycles. The van der Waals surface area contributed by atoms with Gasteiger partial charge < -0.3 is 9.84 Å². The van der Waals surface area contributed by atoms with Crippen molar-refractivity contribution < 1.29 is 14.6 Å². The fourth-order valence-corrected chi connectivity index (χ4v) is 3.99. The molecule has 0 heterocycles. The van der Waals surface area contributed by atoms with E-state index < -0.39 is 0 Å². The highest BCUT2D eigenvalue weighted by Crippen LogP contribution is 2.47. The average Bonchev–Trinajstić information content (AvgIpc) is 3.61. The van der Waals surface area contributed by atoms with E-state index in [1.807, 2.05) is 30.3 Å². The molecule has 0 radical (unpaired) electrons. The molecule has 3 rings (SSSR count). The summed E-state index contributed by atoms with van der Waals surface area (Å²) in [7, 11) is 0. The van der Waals surface area contributed by atoms with Gasteiger partial charge in [0.1, 0.15) is 11.5 Å². The van der Waals surface area contributed by atoms with Crippen LogP contribution in [0, 0.1) is 5.92 Å². The Morgan fingerprint density at radius 2 is 1.84 bits per heavy atom. The highest BCUT2D eigenvalue weighted by molar-refractivity contribution is 6.03. The third kappa shape index (κ3) is 6.84. The molecule has 0 bridgehead atoms. The zero-order valence-corrected chi connectivity index (χ0v) is 19.3. The summed E-state index contributed by atoms with van der Waals surface area (Å²) in [6, 6.07) is 15.4. The Kier molecular flexibility index (Phi) is 9.14. The van der Waals surface area contributed by atoms with E-state index in [0.29, 0.717) is 30.1 Å². The number of amides is 1. The molecule has 2 N–H and O–H groups in total. The number of phenolic OH excluding ortho intramolecular Hbond substituents is 1. The van der Waals surface area contributed by atoms with Gasteiger partial charge in [-0.3, -0.25) is 4.79 Å². The first-order valence-corrected chi connectivity index (χ1v) is 12.0. The Labute approximate surface area is 191 Å². The van der Waals surface area contributed by atoms with Gasteiger partial charge >= 0.3 is 0 Å². The number of benzene rings is 2. The van der Waals surface area contributed by atoms with Crippen molar-refractivity contribution in [2.45, 2.75) is 71.1 Å². The lowest BCUT2D eigenvalue weighted by molar-refractivity contribution is -0.122. The second-order valence-electron chi connectivity index (χ2n) is 8.59. The molecular weight excluding hydrogens is 400 g/mol. The number of carbonyl (C=O) groups is 1. The molecule has 1 aliphatic carbocycles. The van der Waals surface area contributed by atoms with Gasteiger partial charge in [-0.05, 0) is 42.9 Å². The summed E-state index contributed by atoms with van der Waals surface area (Å²) in [5.74, 6) is 0.961. The Bertz CT molecular complexity index is 895. The number of hydrazone groups is 1. The van der Waals surface area contributed by atoms with Crippen molar-refractivity contribution in [2.75, 3.05) is 6.61 Å². The third-order valence-corrected chi connectivity index (χ3v) is 5.94. The largest absolute Gasteiger partial charge is 0.507 e. The lowest BCUT2D eigenvalue weighted by atomic mass is 10.0. The predicted octanol–water partition coefficient (Wildman–Crippen LogP) is 6.17. The molecule has 5 nitrogen and oxygen atoms in total. The van der Waals surface area contributed by atoms with Crippen molar-refractivity contribution in [3.8, 4) is 11.5 Å². The molecule has 1 amide bonds. The number of nitrogens with zero attached hydrogens (tertiary/aromatic N) is 1. The van der Waals surface area contributed by atoms with Crippen LogP contribution >= 0.6 is 0 Å². The van der Waals surface area contributed by atoms with Gasteiger partial charge in [-0.25, -0.2) is 5.43 Å². The minimum absolute atomic E-state index is 0.0364. The lowest BCUT2D eigenvalue weighted by Crippen LogP contribution is -2.22. The van der Waals surface area contributed by atoms with Gasteiger partial charge in [0.05, 0.1) is 12.3 Å². The third-order valence-electron chi connectivity index (χ3n) is 5.94. The Morgan fingerprint density at radius 3 is 2.56 bits per heavy atom. The van der Waals surface area contributed by atoms with Crippen molar-refractivity contribution in [1.29, 1.82) is 0 Å². The summed E-state index contributed by atoms with van der Waals surface area (Å²) in [6.45, 7) is 4.91. The SMILES string of the molecule is CCCCCCCOc1ccc(/C(CCC)=N/NC(=O)C2CC2c2ccccc2)c(O)c1. The molecule has 1 saturated carbocycles. The Morgan fingerprint density at radius 1 is 1.06 bits per heavy atom. The van der Waals surface area contributed by atoms with E-state index in [1.54, 1.807) is 6.07 Å². The molecule has 172 valence electrons. The fourth-order valence-electron chi connectivity index (χ4n) is 3.99. The quantitative estimate of drug-likeness (QED) is 0.224. The summed E-state index contributed by atoms with van der Waals surface area (Å²) in [5, 5.41) is 14.9. The molecule has 2 aromatic carbocycles. The standard InChI is InChI=1S/C27H36N2O3/c1-3-5-6-7-11-17-32-21-15-16-22(26(30)18-21)25(12-4-2)28-29-27(31)24-19-23(24)20-13-9-8-10-14-20/h8-10,13-16,18,23-24,30H,3-7,11-12,17,19H2,1-2H3,(H,29,31)/b28-25+. The Hall–Kier alpha value is -2.82. The zero-order valence-electron chi connectivity index (χ0n) is 19.3. The molecule has 5 heteroatoms. The van der Waals surface area contributed by atoms with Crippen LogP contribution in [0.15, 0.2) is 53.6 Å². The highest BCUT2D eigenvalue weighted by atomic mass is 16.5. The van der Waals surface area contributed by atoms with Crippen molar-refractivity contribution >= 4 is 11.6 Å². The number of unbranched alkanes of at least 4 members (excludes halogenated alkanes) is 4. The van der Waals surface area contributed by atoms with Crippen molar-refractivity contribution in [3.05, 3.63) is 59.7 Å². The number of hydrogen-bond acceptors (Lipinski definition) is 4. The molecule has 0 aliphatic heterocycles. The lowest BCUT2D eigenvalue weighted by Gasteiger charge is -2.11. The first-order valence-electron chi connectivity index (χ1n) is 12.0. The number of nitrogens with one attached hydrogen (secondary N) is 1. The van der Waals surface area contributed by atoms with Crippen LogP contribution in [0.1, 0.15) is 82.3 Å². The van der Waals surface area contributed by atoms with Crippen molar-refractivity contribution in [3.63, 3.8) is 0 Å². The smallest absolute Gasteiger partial charge is 0.243 e. The molecule has 1 fully saturated rings. The molecular formula is C27H36N2O3. The molecule has 2 aromatic rings. The van der Waals surface area contributed by atoms with Crippen LogP contribution in [0.2, 0.25) is 0 Å². The van der Waals surface area contributed by atoms with Crippen molar-refractivity contribution in [1.82, 2.24) is 5.43 Å². The van der Waals surface area contributed by atoms with Crippen molar-refractivity contribution in [2.24, 2.45) is 11.0 Å². The average molecular weight is 437 g/mol. The van der Waals surface area contributed by atoms with Crippen LogP contribution < -0.4 is 10.2 Å². The van der Waals surface area contributed by atoms with Gasteiger partial charge in [0, 0.05) is 17.5 Å². The molecule has 0 spiro atoms. The van der Waals surface area contributed by atoms with Crippen LogP contribution in [0.5, 0.6) is 11.5 Å². The molecule has 32 heavy (non-hydrogen) atoms. The number of aromatic hydroxyl groups is 1. The van der Waals surface area contributed by atoms with E-state index >= 15 is 0 Å². The van der Waals surface area contributed by atoms with Gasteiger partial charge in [0.25, 0.3) is 0 Å². The second kappa shape index (κ2) is 12.3. The summed E-state index contributed by atoms with van der Waals surface area (Å²) < 4.78 is 5.78. The number of phenols is 1. The number of rotatable bonds is 13. The maximum Gasteiger partial charge on any atom is 0.243 e. The number of ether oxygens (including phenoxy) is 1. The zero-order chi connectivity index (χ0) is 22.8. The number of carbonyl (C=O) groups excluding carboxylic acids is 1. The van der Waals surface area contributed by atoms with Gasteiger partial charge in [0.2, 0.25) is 5.91 Å². The summed E-state index contributed by atoms with van der Waals surface area (Å²) in [6.07, 6.45) is 8.29. The van der Waals surface area contributed by atoms with Gasteiger partial charge in [-0.1, -0.05) is 76.3 Å². The monoisotopic (exact) mass is 436 g/mol. The molecule has 2 unspecified atom stereocenters. The minimum Gasteiger partial charge on any atom is -0.507 e. The van der Waals surface area contributed by atoms with Gasteiger partial charge in [0.15, 0.2) is 0 Å². The van der Waals surface area contributed by atoms with Gasteiger partial charge in [-0.15, -0.1) is 0 Å². The first kappa shape index (κ1) is 23.8. The van der Waals surface area contributed by atoms with E-state index in [4.69, 9.17) is 4.74 Å². The van der Waals surface area contributed by atoms with E-state index in [-0.39, 0.29) is 23.5 Å². The van der Waals surface area contributed by atoms with Crippen LogP contribution in [-0.2, 0) is 4.79 Å². The normalized spacial score (nSPS) is 17.8. The van der Waals surface area contributed by atoms with Gasteiger partial charge in [-0.2, -0.15) is 5.10 Å². The maximum absolute atomic E-state index is 12.6. The van der Waals surface area contributed by atoms with E-state index in [0.717, 1.165) is 25.7 Å². The van der Waals surface area contributed by atoms with Crippen LogP contribution in [0.4, 0.5) is 0 Å². The Balaban J connectivity index is 1.56. The summed E-state index contributed by atoms with van der Waals surface area (Å²) >= 11 is 0. The second-order valence-corrected chi connectivity index (χ2v) is 8.59. The van der Waals surface area contributed by atoms with Crippen LogP contribution in [0.3, 0.4) is 0 Å².